The number of benzene rings is 1. The molecule has 3 rings (SSSR count). The summed E-state index contributed by atoms with van der Waals surface area (Å²) < 4.78 is 26.7. The van der Waals surface area contributed by atoms with Crippen molar-refractivity contribution in [2.24, 2.45) is 5.92 Å². The van der Waals surface area contributed by atoms with Crippen LogP contribution in [0.15, 0.2) is 30.3 Å². The fourth-order valence-corrected chi connectivity index (χ4v) is 5.13. The van der Waals surface area contributed by atoms with Gasteiger partial charge in [-0.25, -0.2) is 8.42 Å². The Kier molecular flexibility index (Phi) is 5.69. The molecule has 1 saturated carbocycles. The Balaban J connectivity index is 1.48. The lowest BCUT2D eigenvalue weighted by molar-refractivity contribution is -0.121. The number of Topliss-reactive ketones (excluding diaryl/α,β-unsaturated/α-hetero) is 1. The van der Waals surface area contributed by atoms with Crippen molar-refractivity contribution < 1.29 is 13.2 Å². The van der Waals surface area contributed by atoms with Gasteiger partial charge in [-0.2, -0.15) is 4.31 Å². The van der Waals surface area contributed by atoms with Gasteiger partial charge in [-0.15, -0.1) is 0 Å². The van der Waals surface area contributed by atoms with Crippen molar-refractivity contribution in [2.75, 3.05) is 32.7 Å². The Morgan fingerprint density at radius 1 is 0.958 bits per heavy atom. The molecular formula is C18H26N2O3S. The summed E-state index contributed by atoms with van der Waals surface area (Å²) in [6.45, 7) is 3.72. The predicted octanol–water partition coefficient (Wildman–Crippen LogP) is 1.89. The normalized spacial score (nSPS) is 21.9. The summed E-state index contributed by atoms with van der Waals surface area (Å²) in [7, 11) is -3.24. The third-order valence-corrected chi connectivity index (χ3v) is 6.95. The third-order valence-electron chi connectivity index (χ3n) is 5.10. The number of carbonyl (C=O) groups is 1. The molecule has 132 valence electrons. The molecule has 2 aliphatic rings. The molecule has 1 aromatic carbocycles. The molecule has 0 bridgehead atoms. The summed E-state index contributed by atoms with van der Waals surface area (Å²) in [5.74, 6) is 1.07. The van der Waals surface area contributed by atoms with Crippen LogP contribution >= 0.6 is 0 Å². The summed E-state index contributed by atoms with van der Waals surface area (Å²) in [4.78, 5) is 13.7. The van der Waals surface area contributed by atoms with Crippen molar-refractivity contribution in [1.82, 2.24) is 9.21 Å². The van der Waals surface area contributed by atoms with E-state index in [1.165, 1.54) is 0 Å². The number of hydrogen-bond donors (Lipinski definition) is 0. The van der Waals surface area contributed by atoms with E-state index in [0.717, 1.165) is 50.9 Å². The maximum atomic E-state index is 12.6. The molecule has 0 aromatic heterocycles. The second-order valence-electron chi connectivity index (χ2n) is 6.92. The van der Waals surface area contributed by atoms with Gasteiger partial charge in [0.05, 0.1) is 5.75 Å². The largest absolute Gasteiger partial charge is 0.300 e. The van der Waals surface area contributed by atoms with E-state index in [4.69, 9.17) is 0 Å². The molecule has 6 heteroatoms. The van der Waals surface area contributed by atoms with E-state index in [2.05, 4.69) is 4.90 Å². The summed E-state index contributed by atoms with van der Waals surface area (Å²) >= 11 is 0. The molecule has 24 heavy (non-hydrogen) atoms. The molecule has 1 aliphatic heterocycles. The Hall–Kier alpha value is -1.24. The summed E-state index contributed by atoms with van der Waals surface area (Å²) in [5.41, 5.74) is 0.840. The number of ketones is 1. The quantitative estimate of drug-likeness (QED) is 0.814. The third kappa shape index (κ3) is 4.65. The Bertz CT molecular complexity index is 642. The van der Waals surface area contributed by atoms with E-state index in [0.29, 0.717) is 24.8 Å². The molecule has 0 spiro atoms. The maximum Gasteiger partial charge on any atom is 0.218 e. The van der Waals surface area contributed by atoms with Crippen molar-refractivity contribution in [3.05, 3.63) is 35.9 Å². The van der Waals surface area contributed by atoms with Crippen LogP contribution in [-0.4, -0.2) is 56.1 Å². The zero-order valence-electron chi connectivity index (χ0n) is 14.1. The highest BCUT2D eigenvalue weighted by Gasteiger charge is 2.28. The van der Waals surface area contributed by atoms with Crippen LogP contribution in [0.3, 0.4) is 0 Å². The van der Waals surface area contributed by atoms with Gasteiger partial charge in [-0.1, -0.05) is 30.3 Å². The SMILES string of the molecule is O=C1CCC(CN2CCN(S(=O)(=O)Cc3ccccc3)CC2)CC1. The molecule has 1 aromatic rings. The van der Waals surface area contributed by atoms with Crippen LogP contribution in [0.2, 0.25) is 0 Å². The van der Waals surface area contributed by atoms with E-state index in [1.807, 2.05) is 30.3 Å². The minimum atomic E-state index is -3.24. The Morgan fingerprint density at radius 3 is 2.21 bits per heavy atom. The van der Waals surface area contributed by atoms with Gasteiger partial charge in [-0.3, -0.25) is 4.79 Å². The monoisotopic (exact) mass is 350 g/mol. The van der Waals surface area contributed by atoms with Crippen molar-refractivity contribution in [3.63, 3.8) is 0 Å². The lowest BCUT2D eigenvalue weighted by Crippen LogP contribution is -2.50. The van der Waals surface area contributed by atoms with Crippen LogP contribution in [0.5, 0.6) is 0 Å². The minimum absolute atomic E-state index is 0.0819. The van der Waals surface area contributed by atoms with Crippen molar-refractivity contribution in [1.29, 1.82) is 0 Å². The standard InChI is InChI=1S/C18H26N2O3S/c21-18-8-6-16(7-9-18)14-19-10-12-20(13-11-19)24(22,23)15-17-4-2-1-3-5-17/h1-5,16H,6-15H2. The number of nitrogens with zero attached hydrogens (tertiary/aromatic N) is 2. The van der Waals surface area contributed by atoms with Crippen molar-refractivity contribution in [3.8, 4) is 0 Å². The van der Waals surface area contributed by atoms with Gasteiger partial charge in [0.1, 0.15) is 5.78 Å². The fourth-order valence-electron chi connectivity index (χ4n) is 3.61. The molecule has 0 radical (unpaired) electrons. The minimum Gasteiger partial charge on any atom is -0.300 e. The first kappa shape index (κ1) is 17.6. The number of carbonyl (C=O) groups excluding carboxylic acids is 1. The molecule has 1 saturated heterocycles. The molecular weight excluding hydrogens is 324 g/mol. The van der Waals surface area contributed by atoms with Crippen LogP contribution in [0.25, 0.3) is 0 Å². The predicted molar refractivity (Wildman–Crippen MR) is 94.0 cm³/mol. The second-order valence-corrected chi connectivity index (χ2v) is 8.89. The van der Waals surface area contributed by atoms with Crippen LogP contribution in [0.4, 0.5) is 0 Å². The molecule has 0 amide bonds. The lowest BCUT2D eigenvalue weighted by atomic mass is 9.88. The van der Waals surface area contributed by atoms with Gasteiger partial charge < -0.3 is 4.90 Å². The summed E-state index contributed by atoms with van der Waals surface area (Å²) in [5, 5.41) is 0. The number of hydrogen-bond acceptors (Lipinski definition) is 4. The first-order valence-corrected chi connectivity index (χ1v) is 10.4. The Labute approximate surface area is 144 Å². The molecule has 0 unspecified atom stereocenters. The lowest BCUT2D eigenvalue weighted by Gasteiger charge is -2.36. The second kappa shape index (κ2) is 7.76. The fraction of sp³-hybridized carbons (Fsp3) is 0.611. The van der Waals surface area contributed by atoms with E-state index < -0.39 is 10.0 Å². The van der Waals surface area contributed by atoms with Crippen molar-refractivity contribution >= 4 is 15.8 Å². The number of sulfonamides is 1. The van der Waals surface area contributed by atoms with Gasteiger partial charge in [0.25, 0.3) is 0 Å². The first-order chi connectivity index (χ1) is 11.5. The first-order valence-electron chi connectivity index (χ1n) is 8.79. The molecule has 5 nitrogen and oxygen atoms in total. The van der Waals surface area contributed by atoms with Gasteiger partial charge in [0.15, 0.2) is 0 Å². The van der Waals surface area contributed by atoms with Crippen LogP contribution in [0, 0.1) is 5.92 Å². The zero-order valence-corrected chi connectivity index (χ0v) is 14.9. The molecule has 0 N–H and O–H groups in total. The van der Waals surface area contributed by atoms with Crippen LogP contribution < -0.4 is 0 Å². The molecule has 0 atom stereocenters. The highest BCUT2D eigenvalue weighted by atomic mass is 32.2. The molecule has 1 aliphatic carbocycles. The van der Waals surface area contributed by atoms with Gasteiger partial charge >= 0.3 is 0 Å². The smallest absolute Gasteiger partial charge is 0.218 e. The van der Waals surface area contributed by atoms with Crippen LogP contribution in [0.1, 0.15) is 31.2 Å². The number of piperazine rings is 1. The average Bonchev–Trinajstić information content (AvgIpc) is 2.58. The maximum absolute atomic E-state index is 12.6. The van der Waals surface area contributed by atoms with E-state index >= 15 is 0 Å². The molecule has 2 fully saturated rings. The van der Waals surface area contributed by atoms with Gasteiger partial charge in [0, 0.05) is 45.6 Å². The highest BCUT2D eigenvalue weighted by Crippen LogP contribution is 2.23. The summed E-state index contributed by atoms with van der Waals surface area (Å²) in [6, 6.07) is 9.36. The Morgan fingerprint density at radius 2 is 1.58 bits per heavy atom. The number of rotatable bonds is 5. The highest BCUT2D eigenvalue weighted by molar-refractivity contribution is 7.88. The molecule has 1 heterocycles. The van der Waals surface area contributed by atoms with Crippen LogP contribution in [-0.2, 0) is 20.6 Å². The van der Waals surface area contributed by atoms with Gasteiger partial charge in [-0.05, 0) is 24.3 Å². The van der Waals surface area contributed by atoms with E-state index in [-0.39, 0.29) is 5.75 Å². The topological polar surface area (TPSA) is 57.7 Å². The average molecular weight is 350 g/mol. The van der Waals surface area contributed by atoms with Crippen molar-refractivity contribution in [2.45, 2.75) is 31.4 Å². The van der Waals surface area contributed by atoms with E-state index in [1.54, 1.807) is 4.31 Å². The van der Waals surface area contributed by atoms with Gasteiger partial charge in [0.2, 0.25) is 10.0 Å². The zero-order chi connectivity index (χ0) is 17.0. The summed E-state index contributed by atoms with van der Waals surface area (Å²) in [6.07, 6.45) is 3.42. The van der Waals surface area contributed by atoms with E-state index in [9.17, 15) is 13.2 Å².